The zero-order valence-corrected chi connectivity index (χ0v) is 13.3. The molecule has 1 saturated heterocycles. The van der Waals surface area contributed by atoms with Crippen molar-refractivity contribution >= 4 is 17.3 Å². The molecule has 21 heavy (non-hydrogen) atoms. The van der Waals surface area contributed by atoms with Crippen LogP contribution in [0.25, 0.3) is 0 Å². The van der Waals surface area contributed by atoms with Crippen LogP contribution in [0.15, 0.2) is 12.1 Å². The van der Waals surface area contributed by atoms with Crippen molar-refractivity contribution in [2.45, 2.75) is 39.7 Å². The third-order valence-electron chi connectivity index (χ3n) is 4.75. The highest BCUT2D eigenvalue weighted by atomic mass is 16.2. The number of rotatable bonds is 3. The summed E-state index contributed by atoms with van der Waals surface area (Å²) in [6.45, 7) is 10.3. The molecule has 0 radical (unpaired) electrons. The van der Waals surface area contributed by atoms with Crippen molar-refractivity contribution < 1.29 is 4.79 Å². The second-order valence-corrected chi connectivity index (χ2v) is 6.36. The molecule has 4 heteroatoms. The maximum absolute atomic E-state index is 12.5. The topological polar surface area (TPSA) is 35.6 Å². The molecule has 2 aliphatic rings. The van der Waals surface area contributed by atoms with Crippen LogP contribution in [0.2, 0.25) is 0 Å². The highest BCUT2D eigenvalue weighted by molar-refractivity contribution is 6.04. The number of hydrogen-bond acceptors (Lipinski definition) is 3. The number of carbonyl (C=O) groups is 1. The standard InChI is InChI=1S/C17H25N3O/c1-12-10-15-16(11-13(12)2)20(17(21)14(3)18-15)9-8-19-6-4-5-7-19/h10-11,14,18H,4-9H2,1-3H3. The van der Waals surface area contributed by atoms with Crippen molar-refractivity contribution in [3.63, 3.8) is 0 Å². The molecule has 0 aromatic heterocycles. The lowest BCUT2D eigenvalue weighted by atomic mass is 10.0. The SMILES string of the molecule is Cc1cc2c(cc1C)N(CCN1CCCC1)C(=O)C(C)N2. The summed E-state index contributed by atoms with van der Waals surface area (Å²) in [6, 6.07) is 4.17. The number of nitrogens with zero attached hydrogens (tertiary/aromatic N) is 2. The van der Waals surface area contributed by atoms with Crippen molar-refractivity contribution in [1.29, 1.82) is 0 Å². The Bertz CT molecular complexity index is 549. The van der Waals surface area contributed by atoms with Gasteiger partial charge in [-0.1, -0.05) is 0 Å². The highest BCUT2D eigenvalue weighted by Crippen LogP contribution is 2.34. The molecule has 1 N–H and O–H groups in total. The van der Waals surface area contributed by atoms with Gasteiger partial charge in [0.15, 0.2) is 0 Å². The number of carbonyl (C=O) groups excluding carboxylic acids is 1. The van der Waals surface area contributed by atoms with E-state index in [1.807, 2.05) is 11.8 Å². The minimum Gasteiger partial charge on any atom is -0.372 e. The van der Waals surface area contributed by atoms with Gasteiger partial charge in [0.1, 0.15) is 6.04 Å². The van der Waals surface area contributed by atoms with Crippen molar-refractivity contribution in [3.05, 3.63) is 23.3 Å². The summed E-state index contributed by atoms with van der Waals surface area (Å²) >= 11 is 0. The van der Waals surface area contributed by atoms with Gasteiger partial charge in [0.2, 0.25) is 5.91 Å². The number of nitrogens with one attached hydrogen (secondary N) is 1. The molecule has 1 aromatic carbocycles. The van der Waals surface area contributed by atoms with Crippen molar-refractivity contribution in [3.8, 4) is 0 Å². The first-order chi connectivity index (χ1) is 10.1. The Morgan fingerprint density at radius 1 is 1.14 bits per heavy atom. The molecule has 0 bridgehead atoms. The molecular formula is C17H25N3O. The van der Waals surface area contributed by atoms with E-state index in [0.29, 0.717) is 0 Å². The quantitative estimate of drug-likeness (QED) is 0.928. The predicted molar refractivity (Wildman–Crippen MR) is 87.0 cm³/mol. The Balaban J connectivity index is 1.84. The third-order valence-corrected chi connectivity index (χ3v) is 4.75. The van der Waals surface area contributed by atoms with Crippen LogP contribution in [0.1, 0.15) is 30.9 Å². The molecule has 2 heterocycles. The van der Waals surface area contributed by atoms with Gasteiger partial charge in [0.05, 0.1) is 11.4 Å². The Labute approximate surface area is 127 Å². The number of fused-ring (bicyclic) bond motifs is 1. The molecule has 1 unspecified atom stereocenters. The summed E-state index contributed by atoms with van der Waals surface area (Å²) in [5.74, 6) is 0.185. The summed E-state index contributed by atoms with van der Waals surface area (Å²) in [5, 5.41) is 3.33. The molecule has 4 nitrogen and oxygen atoms in total. The van der Waals surface area contributed by atoms with Crippen LogP contribution in [-0.4, -0.2) is 43.0 Å². The Morgan fingerprint density at radius 2 is 1.81 bits per heavy atom. The van der Waals surface area contributed by atoms with Crippen LogP contribution in [0.5, 0.6) is 0 Å². The minimum absolute atomic E-state index is 0.141. The van der Waals surface area contributed by atoms with Gasteiger partial charge in [-0.3, -0.25) is 4.79 Å². The monoisotopic (exact) mass is 287 g/mol. The number of amides is 1. The van der Waals surface area contributed by atoms with Crippen molar-refractivity contribution in [2.75, 3.05) is 36.4 Å². The molecule has 0 saturated carbocycles. The Hall–Kier alpha value is -1.55. The first-order valence-electron chi connectivity index (χ1n) is 7.98. The number of aryl methyl sites for hydroxylation is 2. The number of likely N-dealkylation sites (tertiary alicyclic amines) is 1. The van der Waals surface area contributed by atoms with Gasteiger partial charge < -0.3 is 15.1 Å². The normalized spacial score (nSPS) is 22.3. The van der Waals surface area contributed by atoms with E-state index >= 15 is 0 Å². The van der Waals surface area contributed by atoms with Gasteiger partial charge >= 0.3 is 0 Å². The molecule has 114 valence electrons. The minimum atomic E-state index is -0.141. The molecule has 1 fully saturated rings. The summed E-state index contributed by atoms with van der Waals surface area (Å²) < 4.78 is 0. The van der Waals surface area contributed by atoms with E-state index < -0.39 is 0 Å². The fraction of sp³-hybridized carbons (Fsp3) is 0.588. The maximum Gasteiger partial charge on any atom is 0.249 e. The van der Waals surface area contributed by atoms with Gasteiger partial charge in [0.25, 0.3) is 0 Å². The molecule has 1 atom stereocenters. The summed E-state index contributed by atoms with van der Waals surface area (Å²) in [6.07, 6.45) is 2.58. The molecule has 3 rings (SSSR count). The van der Waals surface area contributed by atoms with Crippen LogP contribution in [0, 0.1) is 13.8 Å². The van der Waals surface area contributed by atoms with E-state index in [4.69, 9.17) is 0 Å². The van der Waals surface area contributed by atoms with Gasteiger partial charge in [-0.25, -0.2) is 0 Å². The van der Waals surface area contributed by atoms with Crippen LogP contribution in [-0.2, 0) is 4.79 Å². The smallest absolute Gasteiger partial charge is 0.249 e. The Morgan fingerprint density at radius 3 is 2.52 bits per heavy atom. The van der Waals surface area contributed by atoms with Crippen molar-refractivity contribution in [1.82, 2.24) is 4.90 Å². The summed E-state index contributed by atoms with van der Waals surface area (Å²) in [7, 11) is 0. The number of hydrogen-bond donors (Lipinski definition) is 1. The van der Waals surface area contributed by atoms with Gasteiger partial charge in [-0.2, -0.15) is 0 Å². The predicted octanol–water partition coefficient (Wildman–Crippen LogP) is 2.55. The van der Waals surface area contributed by atoms with E-state index in [9.17, 15) is 4.79 Å². The second kappa shape index (κ2) is 5.68. The number of anilines is 2. The van der Waals surface area contributed by atoms with Crippen LogP contribution >= 0.6 is 0 Å². The van der Waals surface area contributed by atoms with E-state index in [0.717, 1.165) is 24.5 Å². The zero-order valence-electron chi connectivity index (χ0n) is 13.3. The van der Waals surface area contributed by atoms with Gasteiger partial charge in [-0.05, 0) is 70.0 Å². The molecule has 1 amide bonds. The third kappa shape index (κ3) is 2.77. The molecule has 2 aliphatic heterocycles. The lowest BCUT2D eigenvalue weighted by Gasteiger charge is -2.35. The molecular weight excluding hydrogens is 262 g/mol. The first-order valence-corrected chi connectivity index (χ1v) is 7.98. The average Bonchev–Trinajstić information content (AvgIpc) is 2.95. The van der Waals surface area contributed by atoms with E-state index in [-0.39, 0.29) is 11.9 Å². The fourth-order valence-corrected chi connectivity index (χ4v) is 3.27. The van der Waals surface area contributed by atoms with Gasteiger partial charge in [0, 0.05) is 13.1 Å². The van der Waals surface area contributed by atoms with Crippen LogP contribution < -0.4 is 10.2 Å². The largest absolute Gasteiger partial charge is 0.372 e. The summed E-state index contributed by atoms with van der Waals surface area (Å²) in [4.78, 5) is 17.0. The van der Waals surface area contributed by atoms with Crippen molar-refractivity contribution in [2.24, 2.45) is 0 Å². The van der Waals surface area contributed by atoms with Gasteiger partial charge in [-0.15, -0.1) is 0 Å². The molecule has 0 aliphatic carbocycles. The lowest BCUT2D eigenvalue weighted by Crippen LogP contribution is -2.48. The average molecular weight is 287 g/mol. The van der Waals surface area contributed by atoms with E-state index in [1.54, 1.807) is 0 Å². The lowest BCUT2D eigenvalue weighted by molar-refractivity contribution is -0.119. The zero-order chi connectivity index (χ0) is 15.0. The van der Waals surface area contributed by atoms with E-state index in [2.05, 4.69) is 36.2 Å². The molecule has 0 spiro atoms. The van der Waals surface area contributed by atoms with Crippen LogP contribution in [0.4, 0.5) is 11.4 Å². The van der Waals surface area contributed by atoms with Crippen LogP contribution in [0.3, 0.4) is 0 Å². The summed E-state index contributed by atoms with van der Waals surface area (Å²) in [5.41, 5.74) is 4.64. The van der Waals surface area contributed by atoms with E-state index in [1.165, 1.54) is 37.1 Å². The first kappa shape index (κ1) is 14.4. The number of benzene rings is 1. The molecule has 1 aromatic rings. The highest BCUT2D eigenvalue weighted by Gasteiger charge is 2.30. The maximum atomic E-state index is 12.5. The Kier molecular flexibility index (Phi) is 3.89. The second-order valence-electron chi connectivity index (χ2n) is 6.36. The fourth-order valence-electron chi connectivity index (χ4n) is 3.27.